The highest BCUT2D eigenvalue weighted by Crippen LogP contribution is 2.40. The fraction of sp³-hybridized carbons (Fsp3) is 0.444. The molecule has 1 aromatic carbocycles. The molecule has 0 saturated carbocycles. The first-order valence-electron chi connectivity index (χ1n) is 8.34. The van der Waals surface area contributed by atoms with Gasteiger partial charge in [-0.25, -0.2) is 0 Å². The molecule has 0 amide bonds. The number of halogens is 3. The number of nitrogens with one attached hydrogen (secondary N) is 1. The minimum Gasteiger partial charge on any atom is -0.468 e. The van der Waals surface area contributed by atoms with E-state index in [1.165, 1.54) is 12.1 Å². The second kappa shape index (κ2) is 7.47. The zero-order chi connectivity index (χ0) is 17.8. The molecular formula is C18H24F3NOSi. The van der Waals surface area contributed by atoms with Gasteiger partial charge >= 0.3 is 6.18 Å². The van der Waals surface area contributed by atoms with Crippen molar-refractivity contribution in [1.82, 2.24) is 0 Å². The van der Waals surface area contributed by atoms with Gasteiger partial charge in [-0.05, 0) is 24.3 Å². The van der Waals surface area contributed by atoms with Crippen molar-refractivity contribution in [2.24, 2.45) is 0 Å². The lowest BCUT2D eigenvalue weighted by molar-refractivity contribution is -0.137. The molecule has 1 N–H and O–H groups in total. The van der Waals surface area contributed by atoms with Crippen molar-refractivity contribution in [3.8, 4) is 0 Å². The van der Waals surface area contributed by atoms with Crippen molar-refractivity contribution >= 4 is 13.8 Å². The molecule has 132 valence electrons. The van der Waals surface area contributed by atoms with Crippen LogP contribution in [0, 0.1) is 0 Å². The quantitative estimate of drug-likeness (QED) is 0.574. The first-order chi connectivity index (χ1) is 11.4. The summed E-state index contributed by atoms with van der Waals surface area (Å²) in [5.74, 6) is 0.726. The van der Waals surface area contributed by atoms with Crippen molar-refractivity contribution in [2.75, 3.05) is 5.32 Å². The lowest BCUT2D eigenvalue weighted by atomic mass is 10.1. The Labute approximate surface area is 142 Å². The molecule has 24 heavy (non-hydrogen) atoms. The van der Waals surface area contributed by atoms with Gasteiger partial charge in [-0.1, -0.05) is 51.0 Å². The largest absolute Gasteiger partial charge is 0.468 e. The van der Waals surface area contributed by atoms with Gasteiger partial charge in [0.15, 0.2) is 0 Å². The summed E-state index contributed by atoms with van der Waals surface area (Å²) in [6.07, 6.45) is -2.80. The Kier molecular flexibility index (Phi) is 5.80. The molecular weight excluding hydrogens is 331 g/mol. The maximum atomic E-state index is 13.3. The van der Waals surface area contributed by atoms with E-state index in [0.717, 1.165) is 30.0 Å². The second-order valence-corrected chi connectivity index (χ2v) is 11.5. The summed E-state index contributed by atoms with van der Waals surface area (Å²) in [5.41, 5.74) is -0.692. The van der Waals surface area contributed by atoms with E-state index in [2.05, 4.69) is 26.1 Å². The Morgan fingerprint density at radius 2 is 1.62 bits per heavy atom. The van der Waals surface area contributed by atoms with E-state index in [9.17, 15) is 13.2 Å². The van der Waals surface area contributed by atoms with Gasteiger partial charge in [0.2, 0.25) is 0 Å². The summed E-state index contributed by atoms with van der Waals surface area (Å²) in [5, 5.41) is 3.20. The molecule has 0 spiro atoms. The van der Waals surface area contributed by atoms with Crippen LogP contribution in [-0.4, -0.2) is 8.07 Å². The van der Waals surface area contributed by atoms with Crippen LogP contribution in [0.2, 0.25) is 18.1 Å². The first kappa shape index (κ1) is 18.6. The standard InChI is InChI=1S/C18H24F3NOSi/c1-4-24(5-2,6-3)17(16-12-9-13-23-16)22-15-11-8-7-10-14(15)18(19,20)21/h7-13,17,22H,4-6H2,1-3H3. The Morgan fingerprint density at radius 3 is 2.12 bits per heavy atom. The van der Waals surface area contributed by atoms with E-state index in [-0.39, 0.29) is 11.4 Å². The number of furan rings is 1. The van der Waals surface area contributed by atoms with Gasteiger partial charge in [0.05, 0.1) is 25.6 Å². The predicted octanol–water partition coefficient (Wildman–Crippen LogP) is 6.50. The summed E-state index contributed by atoms with van der Waals surface area (Å²) < 4.78 is 45.6. The minimum atomic E-state index is -4.38. The van der Waals surface area contributed by atoms with E-state index in [1.54, 1.807) is 18.4 Å². The molecule has 0 radical (unpaired) electrons. The highest BCUT2D eigenvalue weighted by atomic mass is 28.3. The van der Waals surface area contributed by atoms with Gasteiger partial charge in [-0.15, -0.1) is 0 Å². The molecule has 2 nitrogen and oxygen atoms in total. The average Bonchev–Trinajstić information content (AvgIpc) is 3.09. The molecule has 1 aromatic heterocycles. The Hall–Kier alpha value is -1.69. The van der Waals surface area contributed by atoms with E-state index in [0.29, 0.717) is 0 Å². The Morgan fingerprint density at radius 1 is 1.00 bits per heavy atom. The maximum absolute atomic E-state index is 13.3. The van der Waals surface area contributed by atoms with Crippen LogP contribution in [0.15, 0.2) is 47.1 Å². The van der Waals surface area contributed by atoms with E-state index >= 15 is 0 Å². The monoisotopic (exact) mass is 355 g/mol. The van der Waals surface area contributed by atoms with E-state index in [4.69, 9.17) is 4.42 Å². The normalized spacial score (nSPS) is 13.8. The zero-order valence-corrected chi connectivity index (χ0v) is 15.3. The molecule has 1 atom stereocenters. The van der Waals surface area contributed by atoms with Crippen LogP contribution in [0.3, 0.4) is 0 Å². The summed E-state index contributed by atoms with van der Waals surface area (Å²) in [4.78, 5) is 0. The molecule has 2 aromatic rings. The van der Waals surface area contributed by atoms with Crippen LogP contribution in [0.25, 0.3) is 0 Å². The lowest BCUT2D eigenvalue weighted by Crippen LogP contribution is -2.43. The molecule has 0 aliphatic rings. The highest BCUT2D eigenvalue weighted by Gasteiger charge is 2.41. The minimum absolute atomic E-state index is 0.124. The lowest BCUT2D eigenvalue weighted by Gasteiger charge is -2.37. The van der Waals surface area contributed by atoms with Crippen LogP contribution in [0.1, 0.15) is 37.8 Å². The smallest absolute Gasteiger partial charge is 0.418 e. The summed E-state index contributed by atoms with van der Waals surface area (Å²) >= 11 is 0. The Bertz CT molecular complexity index is 628. The van der Waals surface area contributed by atoms with Gasteiger partial charge in [0.1, 0.15) is 5.76 Å². The van der Waals surface area contributed by atoms with Crippen LogP contribution in [0.5, 0.6) is 0 Å². The van der Waals surface area contributed by atoms with Crippen molar-refractivity contribution in [1.29, 1.82) is 0 Å². The number of benzene rings is 1. The number of hydrogen-bond acceptors (Lipinski definition) is 2. The third-order valence-electron chi connectivity index (χ3n) is 5.08. The highest BCUT2D eigenvalue weighted by molar-refractivity contribution is 6.81. The molecule has 0 aliphatic carbocycles. The molecule has 1 unspecified atom stereocenters. The molecule has 0 bridgehead atoms. The van der Waals surface area contributed by atoms with Crippen LogP contribution < -0.4 is 5.32 Å². The second-order valence-electron chi connectivity index (χ2n) is 6.06. The third-order valence-corrected chi connectivity index (χ3v) is 11.0. The third kappa shape index (κ3) is 3.69. The SMILES string of the molecule is CC[Si](CC)(CC)C(Nc1ccccc1C(F)(F)F)c1ccco1. The zero-order valence-electron chi connectivity index (χ0n) is 14.3. The van der Waals surface area contributed by atoms with Crippen LogP contribution in [0.4, 0.5) is 18.9 Å². The maximum Gasteiger partial charge on any atom is 0.418 e. The fourth-order valence-electron chi connectivity index (χ4n) is 3.36. The number of para-hydroxylation sites is 1. The fourth-order valence-corrected chi connectivity index (χ4v) is 7.31. The van der Waals surface area contributed by atoms with E-state index in [1.807, 2.05) is 6.07 Å². The van der Waals surface area contributed by atoms with Crippen LogP contribution in [-0.2, 0) is 6.18 Å². The van der Waals surface area contributed by atoms with Gasteiger partial charge in [-0.3, -0.25) is 0 Å². The molecule has 0 fully saturated rings. The van der Waals surface area contributed by atoms with Gasteiger partial charge in [-0.2, -0.15) is 13.2 Å². The summed E-state index contributed by atoms with van der Waals surface area (Å²) in [6, 6.07) is 12.2. The summed E-state index contributed by atoms with van der Waals surface area (Å²) in [6.45, 7) is 6.39. The van der Waals surface area contributed by atoms with E-state index < -0.39 is 19.8 Å². The number of rotatable bonds is 7. The first-order valence-corrected chi connectivity index (χ1v) is 11.0. The van der Waals surface area contributed by atoms with Crippen molar-refractivity contribution in [3.63, 3.8) is 0 Å². The number of hydrogen-bond donors (Lipinski definition) is 1. The molecule has 6 heteroatoms. The van der Waals surface area contributed by atoms with Crippen LogP contribution >= 0.6 is 0 Å². The molecule has 1 heterocycles. The summed E-state index contributed by atoms with van der Waals surface area (Å²) in [7, 11) is -1.89. The molecule has 0 aliphatic heterocycles. The van der Waals surface area contributed by atoms with Gasteiger partial charge < -0.3 is 9.73 Å². The van der Waals surface area contributed by atoms with Gasteiger partial charge in [0.25, 0.3) is 0 Å². The topological polar surface area (TPSA) is 25.2 Å². The Balaban J connectivity index is 2.48. The van der Waals surface area contributed by atoms with Gasteiger partial charge in [0, 0.05) is 5.69 Å². The number of alkyl halides is 3. The molecule has 2 rings (SSSR count). The molecule has 0 saturated heterocycles. The van der Waals surface area contributed by atoms with Crippen molar-refractivity contribution in [3.05, 3.63) is 54.0 Å². The van der Waals surface area contributed by atoms with Crippen molar-refractivity contribution in [2.45, 2.75) is 50.7 Å². The average molecular weight is 355 g/mol. The predicted molar refractivity (Wildman–Crippen MR) is 93.7 cm³/mol. The van der Waals surface area contributed by atoms with Crippen molar-refractivity contribution < 1.29 is 17.6 Å². The number of anilines is 1.